The molecule has 1 heterocycles. The topological polar surface area (TPSA) is 58.6 Å². The monoisotopic (exact) mass is 356 g/mol. The molecule has 5 nitrogen and oxygen atoms in total. The van der Waals surface area contributed by atoms with Gasteiger partial charge >= 0.3 is 0 Å². The lowest BCUT2D eigenvalue weighted by Gasteiger charge is -2.27. The van der Waals surface area contributed by atoms with Crippen LogP contribution in [0.5, 0.6) is 0 Å². The number of amides is 2. The number of carbonyl (C=O) groups excluding carboxylic acids is 2. The fourth-order valence-corrected chi connectivity index (χ4v) is 3.33. The molecule has 2 amide bonds. The van der Waals surface area contributed by atoms with Crippen LogP contribution in [0.1, 0.15) is 23.7 Å². The van der Waals surface area contributed by atoms with Crippen LogP contribution in [0.2, 0.25) is 0 Å². The Morgan fingerprint density at radius 2 is 1.83 bits per heavy atom. The second-order valence-electron chi connectivity index (χ2n) is 6.12. The van der Waals surface area contributed by atoms with Crippen molar-refractivity contribution in [2.24, 2.45) is 5.41 Å². The molecular formula is C16H18Cl2N2O3. The maximum absolute atomic E-state index is 12.7. The number of nitrogens with zero attached hydrogens (tertiary/aromatic N) is 1. The van der Waals surface area contributed by atoms with Gasteiger partial charge in [-0.05, 0) is 25.5 Å². The Morgan fingerprint density at radius 3 is 2.43 bits per heavy atom. The zero-order valence-corrected chi connectivity index (χ0v) is 14.3. The van der Waals surface area contributed by atoms with Crippen LogP contribution in [0.15, 0.2) is 24.3 Å². The van der Waals surface area contributed by atoms with Crippen LogP contribution in [-0.2, 0) is 9.53 Å². The van der Waals surface area contributed by atoms with E-state index in [2.05, 4.69) is 5.32 Å². The predicted octanol–water partition coefficient (Wildman–Crippen LogP) is 2.68. The van der Waals surface area contributed by atoms with E-state index >= 15 is 0 Å². The van der Waals surface area contributed by atoms with Gasteiger partial charge in [-0.3, -0.25) is 9.59 Å². The van der Waals surface area contributed by atoms with Gasteiger partial charge in [-0.25, -0.2) is 0 Å². The van der Waals surface area contributed by atoms with Gasteiger partial charge in [-0.15, -0.1) is 23.2 Å². The number of hydrogen-bond acceptors (Lipinski definition) is 3. The lowest BCUT2D eigenvalue weighted by Crippen LogP contribution is -2.41. The van der Waals surface area contributed by atoms with Gasteiger partial charge < -0.3 is 15.0 Å². The Kier molecular flexibility index (Phi) is 4.29. The largest absolute Gasteiger partial charge is 0.378 e. The molecule has 1 atom stereocenters. The van der Waals surface area contributed by atoms with Crippen LogP contribution < -0.4 is 5.32 Å². The van der Waals surface area contributed by atoms with Crippen molar-refractivity contribution in [1.82, 2.24) is 4.90 Å². The molecule has 2 aliphatic rings. The van der Waals surface area contributed by atoms with E-state index in [0.29, 0.717) is 44.0 Å². The maximum Gasteiger partial charge on any atom is 0.256 e. The summed E-state index contributed by atoms with van der Waals surface area (Å²) >= 11 is 12.1. The van der Waals surface area contributed by atoms with E-state index in [-0.39, 0.29) is 11.8 Å². The van der Waals surface area contributed by atoms with Crippen molar-refractivity contribution >= 4 is 40.7 Å². The molecule has 7 heteroatoms. The number of morpholine rings is 1. The highest BCUT2D eigenvalue weighted by molar-refractivity contribution is 6.53. The average molecular weight is 357 g/mol. The number of hydrogen-bond donors (Lipinski definition) is 1. The Labute approximate surface area is 144 Å². The first-order chi connectivity index (χ1) is 10.8. The number of rotatable bonds is 3. The van der Waals surface area contributed by atoms with E-state index in [0.717, 1.165) is 0 Å². The molecule has 23 heavy (non-hydrogen) atoms. The Morgan fingerprint density at radius 1 is 1.22 bits per heavy atom. The summed E-state index contributed by atoms with van der Waals surface area (Å²) in [6, 6.07) is 6.96. The van der Waals surface area contributed by atoms with Gasteiger partial charge in [0.25, 0.3) is 5.91 Å². The molecule has 1 aromatic carbocycles. The van der Waals surface area contributed by atoms with Gasteiger partial charge in [0.2, 0.25) is 5.91 Å². The van der Waals surface area contributed by atoms with Gasteiger partial charge in [0, 0.05) is 13.1 Å². The molecule has 0 aromatic heterocycles. The average Bonchev–Trinajstić information content (AvgIpc) is 3.08. The van der Waals surface area contributed by atoms with Crippen LogP contribution >= 0.6 is 23.2 Å². The minimum Gasteiger partial charge on any atom is -0.378 e. The highest BCUT2D eigenvalue weighted by atomic mass is 35.5. The summed E-state index contributed by atoms with van der Waals surface area (Å²) in [6.07, 6.45) is 0.397. The van der Waals surface area contributed by atoms with Crippen LogP contribution in [0.25, 0.3) is 0 Å². The minimum atomic E-state index is -1.04. The SMILES string of the molecule is CC1(C(=O)Nc2ccccc2C(=O)N2CCOCC2)CC1(Cl)Cl. The zero-order chi connectivity index (χ0) is 16.7. The van der Waals surface area contributed by atoms with Crippen molar-refractivity contribution < 1.29 is 14.3 Å². The van der Waals surface area contributed by atoms with E-state index in [1.54, 1.807) is 36.1 Å². The zero-order valence-electron chi connectivity index (χ0n) is 12.8. The lowest BCUT2D eigenvalue weighted by molar-refractivity contribution is -0.120. The second-order valence-corrected chi connectivity index (χ2v) is 7.60. The van der Waals surface area contributed by atoms with Gasteiger partial charge in [0.15, 0.2) is 0 Å². The molecule has 1 aliphatic carbocycles. The van der Waals surface area contributed by atoms with Gasteiger partial charge in [0.1, 0.15) is 4.33 Å². The summed E-state index contributed by atoms with van der Waals surface area (Å²) in [4.78, 5) is 26.8. The number of alkyl halides is 2. The third kappa shape index (κ3) is 3.05. The molecule has 1 saturated carbocycles. The number of benzene rings is 1. The van der Waals surface area contributed by atoms with Crippen molar-refractivity contribution in [1.29, 1.82) is 0 Å². The summed E-state index contributed by atoms with van der Waals surface area (Å²) in [6.45, 7) is 3.87. The van der Waals surface area contributed by atoms with Gasteiger partial charge in [-0.2, -0.15) is 0 Å². The predicted molar refractivity (Wildman–Crippen MR) is 89.0 cm³/mol. The number of nitrogens with one attached hydrogen (secondary N) is 1. The fraction of sp³-hybridized carbons (Fsp3) is 0.500. The molecule has 1 aliphatic heterocycles. The standard InChI is InChI=1S/C16H18Cl2N2O3/c1-15(10-16(15,17)18)14(22)19-12-5-3-2-4-11(12)13(21)20-6-8-23-9-7-20/h2-5H,6-10H2,1H3,(H,19,22). The first-order valence-corrected chi connectivity index (χ1v) is 8.26. The normalized spacial score (nSPS) is 25.8. The van der Waals surface area contributed by atoms with Crippen molar-refractivity contribution in [3.05, 3.63) is 29.8 Å². The number of para-hydroxylation sites is 1. The van der Waals surface area contributed by atoms with E-state index in [1.165, 1.54) is 0 Å². The second kappa shape index (κ2) is 5.96. The number of carbonyl (C=O) groups is 2. The Balaban J connectivity index is 1.78. The molecule has 124 valence electrons. The fourth-order valence-electron chi connectivity index (χ4n) is 2.62. The van der Waals surface area contributed by atoms with E-state index in [9.17, 15) is 9.59 Å². The van der Waals surface area contributed by atoms with E-state index in [1.807, 2.05) is 0 Å². The van der Waals surface area contributed by atoms with Crippen LogP contribution in [0.4, 0.5) is 5.69 Å². The van der Waals surface area contributed by atoms with Crippen molar-refractivity contribution in [3.8, 4) is 0 Å². The summed E-state index contributed by atoms with van der Waals surface area (Å²) in [5.74, 6) is -0.391. The Bertz CT molecular complexity index is 644. The first kappa shape index (κ1) is 16.6. The molecule has 2 fully saturated rings. The quantitative estimate of drug-likeness (QED) is 0.847. The highest BCUT2D eigenvalue weighted by Gasteiger charge is 2.67. The van der Waals surface area contributed by atoms with Crippen LogP contribution in [0, 0.1) is 5.41 Å². The highest BCUT2D eigenvalue weighted by Crippen LogP contribution is 2.64. The lowest BCUT2D eigenvalue weighted by atomic mass is 10.1. The van der Waals surface area contributed by atoms with E-state index < -0.39 is 9.75 Å². The summed E-state index contributed by atoms with van der Waals surface area (Å²) < 4.78 is 4.22. The molecule has 0 radical (unpaired) electrons. The van der Waals surface area contributed by atoms with Gasteiger partial charge in [0.05, 0.1) is 29.9 Å². The first-order valence-electron chi connectivity index (χ1n) is 7.50. The third-order valence-electron chi connectivity index (χ3n) is 4.46. The van der Waals surface area contributed by atoms with Crippen LogP contribution in [-0.4, -0.2) is 47.4 Å². The number of anilines is 1. The minimum absolute atomic E-state index is 0.117. The molecule has 1 unspecified atom stereocenters. The van der Waals surface area contributed by atoms with E-state index in [4.69, 9.17) is 27.9 Å². The molecule has 3 rings (SSSR count). The van der Waals surface area contributed by atoms with Crippen molar-refractivity contribution in [3.63, 3.8) is 0 Å². The van der Waals surface area contributed by atoms with Crippen LogP contribution in [0.3, 0.4) is 0 Å². The molecule has 0 bridgehead atoms. The van der Waals surface area contributed by atoms with Crippen molar-refractivity contribution in [2.45, 2.75) is 17.7 Å². The molecule has 0 spiro atoms. The molecular weight excluding hydrogens is 339 g/mol. The maximum atomic E-state index is 12.7. The molecule has 1 saturated heterocycles. The summed E-state index contributed by atoms with van der Waals surface area (Å²) in [5, 5.41) is 2.80. The number of halogens is 2. The molecule has 1 N–H and O–H groups in total. The number of ether oxygens (including phenoxy) is 1. The summed E-state index contributed by atoms with van der Waals surface area (Å²) in [7, 11) is 0. The van der Waals surface area contributed by atoms with Gasteiger partial charge in [-0.1, -0.05) is 12.1 Å². The summed E-state index contributed by atoms with van der Waals surface area (Å²) in [5.41, 5.74) is 0.110. The molecule has 1 aromatic rings. The smallest absolute Gasteiger partial charge is 0.256 e. The van der Waals surface area contributed by atoms with Crippen molar-refractivity contribution in [2.75, 3.05) is 31.6 Å². The third-order valence-corrected chi connectivity index (χ3v) is 5.56. The Hall–Kier alpha value is -1.30.